The summed E-state index contributed by atoms with van der Waals surface area (Å²) in [5.74, 6) is -1.86. The molecule has 7 rings (SSSR count). The summed E-state index contributed by atoms with van der Waals surface area (Å²) < 4.78 is 36.6. The second kappa shape index (κ2) is 11.1. The number of carbonyl (C=O) groups is 1. The molecule has 2 aromatic rings. The van der Waals surface area contributed by atoms with Gasteiger partial charge in [0, 0.05) is 50.9 Å². The number of aromatic nitrogens is 2. The highest BCUT2D eigenvalue weighted by Crippen LogP contribution is 2.47. The van der Waals surface area contributed by atoms with E-state index in [1.165, 1.54) is 12.4 Å². The van der Waals surface area contributed by atoms with Gasteiger partial charge >= 0.3 is 11.7 Å². The first kappa shape index (κ1) is 27.8. The molecular weight excluding hydrogens is 528 g/mol. The minimum Gasteiger partial charge on any atom is -0.381 e. The monoisotopic (exact) mass is 565 g/mol. The average molecular weight is 566 g/mol. The SMILES string of the molecule is [C-]#[N+]C1(N2Cc3c4ncnc3N(CCCOCCCCN3CC(C3)CC(F)(F)c3cccc(c3)[C@@H](C)N4)C2=O)CC1. The lowest BCUT2D eigenvalue weighted by molar-refractivity contribution is -0.0570. The maximum absolute atomic E-state index is 15.4. The molecular formula is C30H37F2N7O2. The van der Waals surface area contributed by atoms with Crippen LogP contribution in [0.5, 0.6) is 0 Å². The Morgan fingerprint density at radius 2 is 1.93 bits per heavy atom. The maximum atomic E-state index is 15.4. The molecule has 1 aromatic heterocycles. The Labute approximate surface area is 239 Å². The van der Waals surface area contributed by atoms with E-state index in [0.717, 1.165) is 30.5 Å². The Morgan fingerprint density at radius 1 is 1.12 bits per heavy atom. The van der Waals surface area contributed by atoms with Crippen LogP contribution >= 0.6 is 0 Å². The predicted molar refractivity (Wildman–Crippen MR) is 150 cm³/mol. The van der Waals surface area contributed by atoms with Gasteiger partial charge in [-0.3, -0.25) is 9.74 Å². The zero-order valence-electron chi connectivity index (χ0n) is 23.5. The third-order valence-corrected chi connectivity index (χ3v) is 8.79. The molecule has 0 unspecified atom stereocenters. The number of hydrogen-bond donors (Lipinski definition) is 1. The van der Waals surface area contributed by atoms with Crippen LogP contribution in [0.1, 0.15) is 68.2 Å². The third-order valence-electron chi connectivity index (χ3n) is 8.79. The molecule has 2 amide bonds. The van der Waals surface area contributed by atoms with Crippen molar-refractivity contribution in [1.29, 1.82) is 0 Å². The number of carbonyl (C=O) groups excluding carboxylic acids is 1. The minimum atomic E-state index is -2.91. The van der Waals surface area contributed by atoms with Crippen molar-refractivity contribution in [3.63, 3.8) is 0 Å². The standard InChI is InChI=1S/C30H37F2N7O2/c1-21-23-7-5-8-24(15-23)30(31,32)16-22-17-37(18-22)11-3-4-13-41-14-6-12-38-27-25(26(36-21)34-20-35-27)19-39(28(38)40)29(33-2)9-10-29/h5,7-8,15,20-22H,3-4,6,9-14,16-19H2,1H3,(H,34,35,36)/t21-/m1/s1. The molecule has 1 atom stereocenters. The fourth-order valence-corrected chi connectivity index (χ4v) is 6.21. The molecule has 0 spiro atoms. The Morgan fingerprint density at radius 3 is 2.71 bits per heavy atom. The van der Waals surface area contributed by atoms with Crippen LogP contribution in [0.3, 0.4) is 0 Å². The van der Waals surface area contributed by atoms with Crippen molar-refractivity contribution < 1.29 is 18.3 Å². The molecule has 41 heavy (non-hydrogen) atoms. The highest BCUT2D eigenvalue weighted by molar-refractivity contribution is 5.95. The Hall–Kier alpha value is -3.36. The molecule has 1 N–H and O–H groups in total. The number of amides is 2. The topological polar surface area (TPSA) is 78.2 Å². The molecule has 8 bridgehead atoms. The zero-order chi connectivity index (χ0) is 28.6. The first-order chi connectivity index (χ1) is 19.8. The second-order valence-corrected chi connectivity index (χ2v) is 11.8. The van der Waals surface area contributed by atoms with E-state index in [2.05, 4.69) is 25.0 Å². The van der Waals surface area contributed by atoms with E-state index < -0.39 is 11.6 Å². The number of benzene rings is 1. The maximum Gasteiger partial charge on any atom is 0.332 e. The molecule has 1 aliphatic carbocycles. The van der Waals surface area contributed by atoms with Crippen molar-refractivity contribution in [2.75, 3.05) is 49.6 Å². The number of rotatable bonds is 1. The van der Waals surface area contributed by atoms with Crippen LogP contribution < -0.4 is 10.2 Å². The van der Waals surface area contributed by atoms with Crippen LogP contribution in [0.25, 0.3) is 4.85 Å². The fourth-order valence-electron chi connectivity index (χ4n) is 6.21. The van der Waals surface area contributed by atoms with E-state index in [-0.39, 0.29) is 36.5 Å². The van der Waals surface area contributed by atoms with Crippen LogP contribution in [-0.2, 0) is 17.2 Å². The molecule has 2 fully saturated rings. The molecule has 0 radical (unpaired) electrons. The number of hydrogen-bond acceptors (Lipinski definition) is 6. The van der Waals surface area contributed by atoms with Gasteiger partial charge < -0.3 is 15.0 Å². The molecule has 1 saturated carbocycles. The Kier molecular flexibility index (Phi) is 7.55. The number of fused-ring (bicyclic) bond motifs is 9. The summed E-state index contributed by atoms with van der Waals surface area (Å²) in [5, 5.41) is 3.40. The van der Waals surface area contributed by atoms with Gasteiger partial charge in [-0.15, -0.1) is 0 Å². The van der Waals surface area contributed by atoms with Crippen LogP contribution in [0.15, 0.2) is 30.6 Å². The second-order valence-electron chi connectivity index (χ2n) is 11.8. The number of ether oxygens (including phenoxy) is 1. The molecule has 9 nitrogen and oxygen atoms in total. The average Bonchev–Trinajstić information content (AvgIpc) is 3.74. The van der Waals surface area contributed by atoms with Gasteiger partial charge in [-0.25, -0.2) is 35.0 Å². The normalized spacial score (nSPS) is 27.8. The number of anilines is 2. The van der Waals surface area contributed by atoms with Crippen molar-refractivity contribution >= 4 is 17.7 Å². The minimum absolute atomic E-state index is 0.00956. The van der Waals surface area contributed by atoms with Crippen LogP contribution in [0, 0.1) is 12.5 Å². The summed E-state index contributed by atoms with van der Waals surface area (Å²) in [6.07, 6.45) is 5.05. The largest absolute Gasteiger partial charge is 0.381 e. The smallest absolute Gasteiger partial charge is 0.332 e. The van der Waals surface area contributed by atoms with Crippen molar-refractivity contribution in [2.45, 2.75) is 69.6 Å². The molecule has 1 saturated heterocycles. The van der Waals surface area contributed by atoms with E-state index in [4.69, 9.17) is 11.3 Å². The van der Waals surface area contributed by atoms with E-state index in [1.54, 1.807) is 21.9 Å². The lowest BCUT2D eigenvalue weighted by atomic mass is 9.89. The number of urea groups is 1. The van der Waals surface area contributed by atoms with Gasteiger partial charge in [-0.1, -0.05) is 18.2 Å². The fraction of sp³-hybridized carbons (Fsp3) is 0.600. The van der Waals surface area contributed by atoms with Gasteiger partial charge in [0.25, 0.3) is 5.92 Å². The van der Waals surface area contributed by atoms with Gasteiger partial charge in [-0.05, 0) is 50.3 Å². The molecule has 5 heterocycles. The van der Waals surface area contributed by atoms with Crippen LogP contribution in [0.4, 0.5) is 25.2 Å². The van der Waals surface area contributed by atoms with Crippen LogP contribution in [-0.4, -0.2) is 70.9 Å². The summed E-state index contributed by atoms with van der Waals surface area (Å²) in [4.78, 5) is 32.0. The summed E-state index contributed by atoms with van der Waals surface area (Å²) in [5.41, 5.74) is 0.656. The number of nitrogens with one attached hydrogen (secondary N) is 1. The highest BCUT2D eigenvalue weighted by atomic mass is 19.3. The first-order valence-electron chi connectivity index (χ1n) is 14.7. The van der Waals surface area contributed by atoms with E-state index in [1.807, 2.05) is 13.0 Å². The van der Waals surface area contributed by atoms with Crippen LogP contribution in [0.2, 0.25) is 0 Å². The van der Waals surface area contributed by atoms with Gasteiger partial charge in [-0.2, -0.15) is 0 Å². The number of nitrogens with zero attached hydrogens (tertiary/aromatic N) is 6. The van der Waals surface area contributed by atoms with Gasteiger partial charge in [0.05, 0.1) is 24.9 Å². The summed E-state index contributed by atoms with van der Waals surface area (Å²) in [6.45, 7) is 13.8. The molecule has 218 valence electrons. The molecule has 4 aliphatic heterocycles. The number of alkyl halides is 2. The van der Waals surface area contributed by atoms with Gasteiger partial charge in [0.1, 0.15) is 18.0 Å². The van der Waals surface area contributed by atoms with Gasteiger partial charge in [0.2, 0.25) is 0 Å². The molecule has 11 heteroatoms. The third kappa shape index (κ3) is 5.60. The zero-order valence-corrected chi connectivity index (χ0v) is 23.5. The summed E-state index contributed by atoms with van der Waals surface area (Å²) in [6, 6.07) is 6.09. The van der Waals surface area contributed by atoms with Crippen molar-refractivity contribution in [1.82, 2.24) is 19.8 Å². The Bertz CT molecular complexity index is 1320. The molecule has 1 aromatic carbocycles. The van der Waals surface area contributed by atoms with Gasteiger partial charge in [0.15, 0.2) is 0 Å². The van der Waals surface area contributed by atoms with E-state index >= 15 is 8.78 Å². The summed E-state index contributed by atoms with van der Waals surface area (Å²) >= 11 is 0. The van der Waals surface area contributed by atoms with E-state index in [9.17, 15) is 4.79 Å². The van der Waals surface area contributed by atoms with Crippen molar-refractivity contribution in [3.8, 4) is 0 Å². The lowest BCUT2D eigenvalue weighted by Crippen LogP contribution is -2.52. The number of halogens is 2. The summed E-state index contributed by atoms with van der Waals surface area (Å²) in [7, 11) is 0. The molecule has 5 aliphatic rings. The highest BCUT2D eigenvalue weighted by Gasteiger charge is 2.60. The lowest BCUT2D eigenvalue weighted by Gasteiger charge is -2.41. The predicted octanol–water partition coefficient (Wildman–Crippen LogP) is 5.42. The van der Waals surface area contributed by atoms with Crippen molar-refractivity contribution in [3.05, 3.63) is 58.7 Å². The first-order valence-corrected chi connectivity index (χ1v) is 14.7. The van der Waals surface area contributed by atoms with E-state index in [0.29, 0.717) is 63.7 Å². The Balaban J connectivity index is 1.30. The quantitative estimate of drug-likeness (QED) is 0.466. The van der Waals surface area contributed by atoms with Crippen molar-refractivity contribution in [2.24, 2.45) is 5.92 Å².